The largest absolute Gasteiger partial charge is 0.459 e. The minimum Gasteiger partial charge on any atom is -0.459 e. The zero-order valence-corrected chi connectivity index (χ0v) is 14.8. The van der Waals surface area contributed by atoms with Crippen LogP contribution in [0.15, 0.2) is 53.5 Å². The third-order valence-electron chi connectivity index (χ3n) is 5.05. The molecule has 1 aliphatic heterocycles. The Labute approximate surface area is 152 Å². The number of rotatable bonds is 4. The summed E-state index contributed by atoms with van der Waals surface area (Å²) < 4.78 is 7.50. The summed E-state index contributed by atoms with van der Waals surface area (Å²) >= 11 is 0. The van der Waals surface area contributed by atoms with Crippen LogP contribution in [0.5, 0.6) is 0 Å². The van der Waals surface area contributed by atoms with Crippen LogP contribution >= 0.6 is 0 Å². The number of aromatic nitrogens is 3. The molecule has 6 nitrogen and oxygen atoms in total. The van der Waals surface area contributed by atoms with Gasteiger partial charge in [-0.3, -0.25) is 9.78 Å². The molecular formula is C20H22N4O2. The molecule has 0 N–H and O–H groups in total. The maximum absolute atomic E-state index is 12.4. The topological polar surface area (TPSA) is 64.2 Å². The van der Waals surface area contributed by atoms with Gasteiger partial charge in [0.05, 0.1) is 6.26 Å². The normalized spacial score (nSPS) is 15.3. The zero-order chi connectivity index (χ0) is 17.9. The molecule has 0 unspecified atom stereocenters. The van der Waals surface area contributed by atoms with Gasteiger partial charge in [0.2, 0.25) is 0 Å². The first-order valence-corrected chi connectivity index (χ1v) is 8.97. The Morgan fingerprint density at radius 3 is 2.77 bits per heavy atom. The number of hydrogen-bond donors (Lipinski definition) is 0. The Kier molecular flexibility index (Phi) is 4.56. The summed E-state index contributed by atoms with van der Waals surface area (Å²) in [5.41, 5.74) is 2.18. The number of imidazole rings is 1. The molecule has 4 heterocycles. The highest BCUT2D eigenvalue weighted by Crippen LogP contribution is 2.25. The molecular weight excluding hydrogens is 328 g/mol. The first kappa shape index (κ1) is 16.6. The fourth-order valence-corrected chi connectivity index (χ4v) is 3.55. The van der Waals surface area contributed by atoms with Crippen LogP contribution < -0.4 is 0 Å². The van der Waals surface area contributed by atoms with E-state index in [1.165, 1.54) is 0 Å². The van der Waals surface area contributed by atoms with Crippen molar-refractivity contribution < 1.29 is 9.21 Å². The van der Waals surface area contributed by atoms with Gasteiger partial charge in [0.15, 0.2) is 5.76 Å². The molecule has 1 saturated heterocycles. The fourth-order valence-electron chi connectivity index (χ4n) is 3.55. The molecule has 3 aromatic heterocycles. The fraction of sp³-hybridized carbons (Fsp3) is 0.350. The lowest BCUT2D eigenvalue weighted by molar-refractivity contribution is 0.0651. The Bertz CT molecular complexity index is 863. The first-order valence-electron chi connectivity index (χ1n) is 8.97. The van der Waals surface area contributed by atoms with Crippen LogP contribution in [0.1, 0.15) is 29.1 Å². The molecule has 0 radical (unpaired) electrons. The van der Waals surface area contributed by atoms with Gasteiger partial charge in [-0.25, -0.2) is 4.98 Å². The van der Waals surface area contributed by atoms with Crippen molar-refractivity contribution in [1.29, 1.82) is 0 Å². The van der Waals surface area contributed by atoms with Gasteiger partial charge in [-0.2, -0.15) is 0 Å². The number of aryl methyl sites for hydroxylation is 1. The Morgan fingerprint density at radius 2 is 2.08 bits per heavy atom. The number of piperidine rings is 1. The summed E-state index contributed by atoms with van der Waals surface area (Å²) in [6, 6.07) is 7.45. The lowest BCUT2D eigenvalue weighted by atomic mass is 9.96. The van der Waals surface area contributed by atoms with Crippen molar-refractivity contribution in [3.8, 4) is 11.4 Å². The molecule has 1 aliphatic rings. The molecule has 0 aromatic carbocycles. The minimum atomic E-state index is -0.0108. The average Bonchev–Trinajstić information content (AvgIpc) is 3.34. The maximum atomic E-state index is 12.4. The van der Waals surface area contributed by atoms with Gasteiger partial charge in [0.25, 0.3) is 5.91 Å². The smallest absolute Gasteiger partial charge is 0.289 e. The molecule has 0 spiro atoms. The summed E-state index contributed by atoms with van der Waals surface area (Å²) in [7, 11) is 0. The molecule has 6 heteroatoms. The second-order valence-electron chi connectivity index (χ2n) is 6.79. The van der Waals surface area contributed by atoms with E-state index in [1.54, 1.807) is 24.6 Å². The van der Waals surface area contributed by atoms with E-state index < -0.39 is 0 Å². The van der Waals surface area contributed by atoms with Crippen LogP contribution in [-0.2, 0) is 6.54 Å². The summed E-state index contributed by atoms with van der Waals surface area (Å²) in [5, 5.41) is 0. The summed E-state index contributed by atoms with van der Waals surface area (Å²) in [6.45, 7) is 4.53. The summed E-state index contributed by atoms with van der Waals surface area (Å²) in [5.74, 6) is 1.90. The monoisotopic (exact) mass is 350 g/mol. The van der Waals surface area contributed by atoms with Gasteiger partial charge < -0.3 is 13.9 Å². The second kappa shape index (κ2) is 7.15. The van der Waals surface area contributed by atoms with Crippen molar-refractivity contribution in [3.05, 3.63) is 60.6 Å². The van der Waals surface area contributed by atoms with E-state index in [0.717, 1.165) is 49.6 Å². The molecule has 0 atom stereocenters. The van der Waals surface area contributed by atoms with Crippen molar-refractivity contribution in [1.82, 2.24) is 19.4 Å². The number of nitrogens with zero attached hydrogens (tertiary/aromatic N) is 4. The predicted molar refractivity (Wildman–Crippen MR) is 97.5 cm³/mol. The molecule has 26 heavy (non-hydrogen) atoms. The number of likely N-dealkylation sites (tertiary alicyclic amines) is 1. The van der Waals surface area contributed by atoms with E-state index in [0.29, 0.717) is 11.7 Å². The molecule has 0 aliphatic carbocycles. The van der Waals surface area contributed by atoms with Crippen LogP contribution in [0, 0.1) is 12.8 Å². The van der Waals surface area contributed by atoms with E-state index in [9.17, 15) is 4.79 Å². The van der Waals surface area contributed by atoms with Crippen molar-refractivity contribution in [2.75, 3.05) is 13.1 Å². The third kappa shape index (κ3) is 3.27. The lowest BCUT2D eigenvalue weighted by Crippen LogP contribution is -2.39. The quantitative estimate of drug-likeness (QED) is 0.723. The van der Waals surface area contributed by atoms with Crippen LogP contribution in [0.4, 0.5) is 0 Å². The van der Waals surface area contributed by atoms with E-state index in [2.05, 4.69) is 21.5 Å². The van der Waals surface area contributed by atoms with Crippen LogP contribution in [0.25, 0.3) is 11.4 Å². The molecule has 3 aromatic rings. The van der Waals surface area contributed by atoms with Crippen molar-refractivity contribution in [2.45, 2.75) is 26.3 Å². The highest BCUT2D eigenvalue weighted by Gasteiger charge is 2.26. The third-order valence-corrected chi connectivity index (χ3v) is 5.05. The van der Waals surface area contributed by atoms with E-state index in [-0.39, 0.29) is 5.91 Å². The molecule has 1 amide bonds. The van der Waals surface area contributed by atoms with Gasteiger partial charge in [-0.1, -0.05) is 0 Å². The first-order chi connectivity index (χ1) is 12.7. The number of carbonyl (C=O) groups excluding carboxylic acids is 1. The standard InChI is InChI=1S/C20H22N4O2/c1-15-12-22-19(17-4-2-8-21-13-17)24(15)14-16-6-9-23(10-7-16)20(25)18-5-3-11-26-18/h2-5,8,11-13,16H,6-7,9-10,14H2,1H3. The molecule has 134 valence electrons. The second-order valence-corrected chi connectivity index (χ2v) is 6.79. The van der Waals surface area contributed by atoms with Crippen molar-refractivity contribution in [2.24, 2.45) is 5.92 Å². The van der Waals surface area contributed by atoms with Crippen molar-refractivity contribution >= 4 is 5.91 Å². The number of furan rings is 1. The Balaban J connectivity index is 1.42. The van der Waals surface area contributed by atoms with Gasteiger partial charge in [0, 0.05) is 49.5 Å². The predicted octanol–water partition coefficient (Wildman–Crippen LogP) is 3.40. The van der Waals surface area contributed by atoms with Gasteiger partial charge in [-0.15, -0.1) is 0 Å². The molecule has 4 rings (SSSR count). The average molecular weight is 350 g/mol. The number of carbonyl (C=O) groups is 1. The van der Waals surface area contributed by atoms with Crippen LogP contribution in [0.2, 0.25) is 0 Å². The number of pyridine rings is 1. The number of hydrogen-bond acceptors (Lipinski definition) is 4. The molecule has 1 fully saturated rings. The SMILES string of the molecule is Cc1cnc(-c2cccnc2)n1CC1CCN(C(=O)c2ccco2)CC1. The maximum Gasteiger partial charge on any atom is 0.289 e. The number of amides is 1. The highest BCUT2D eigenvalue weighted by atomic mass is 16.3. The lowest BCUT2D eigenvalue weighted by Gasteiger charge is -2.32. The van der Waals surface area contributed by atoms with Crippen LogP contribution in [-0.4, -0.2) is 38.4 Å². The van der Waals surface area contributed by atoms with E-state index >= 15 is 0 Å². The van der Waals surface area contributed by atoms with E-state index in [1.807, 2.05) is 29.4 Å². The van der Waals surface area contributed by atoms with Crippen molar-refractivity contribution in [3.63, 3.8) is 0 Å². The zero-order valence-electron chi connectivity index (χ0n) is 14.8. The van der Waals surface area contributed by atoms with Gasteiger partial charge >= 0.3 is 0 Å². The minimum absolute atomic E-state index is 0.0108. The summed E-state index contributed by atoms with van der Waals surface area (Å²) in [6.07, 6.45) is 9.05. The molecule has 0 bridgehead atoms. The van der Waals surface area contributed by atoms with E-state index in [4.69, 9.17) is 4.42 Å². The summed E-state index contributed by atoms with van der Waals surface area (Å²) in [4.78, 5) is 23.1. The Morgan fingerprint density at radius 1 is 1.23 bits per heavy atom. The Hall–Kier alpha value is -2.89. The van der Waals surface area contributed by atoms with Crippen LogP contribution in [0.3, 0.4) is 0 Å². The van der Waals surface area contributed by atoms with Gasteiger partial charge in [-0.05, 0) is 49.9 Å². The highest BCUT2D eigenvalue weighted by molar-refractivity contribution is 5.91. The molecule has 0 saturated carbocycles. The van der Waals surface area contributed by atoms with Gasteiger partial charge in [0.1, 0.15) is 5.82 Å².